The molecule has 0 aliphatic heterocycles. The molecule has 1 amide bonds. The first-order chi connectivity index (χ1) is 17.2. The smallest absolute Gasteiger partial charge is 0.404 e. The third kappa shape index (κ3) is 6.56. The molecule has 3 rings (SSSR count). The summed E-state index contributed by atoms with van der Waals surface area (Å²) in [4.78, 5) is 19.8. The Balaban J connectivity index is 1.95. The van der Waals surface area contributed by atoms with Crippen molar-refractivity contribution in [3.8, 4) is 17.6 Å². The average Bonchev–Trinajstić information content (AvgIpc) is 3.35. The number of ether oxygens (including phenoxy) is 1. The van der Waals surface area contributed by atoms with Crippen molar-refractivity contribution < 1.29 is 19.0 Å². The molecular weight excluding hydrogens is 469 g/mol. The number of carbonyl (C=O) groups is 1. The number of pyridine rings is 2. The maximum Gasteiger partial charge on any atom is 0.404 e. The largest absolute Gasteiger partial charge is 0.476 e. The molecular formula is C23H28FN9O3. The first kappa shape index (κ1) is 26.1. The fraction of sp³-hybridized carbons (Fsp3) is 0.391. The van der Waals surface area contributed by atoms with E-state index in [-0.39, 0.29) is 23.1 Å². The first-order valence-corrected chi connectivity index (χ1v) is 11.3. The molecule has 36 heavy (non-hydrogen) atoms. The minimum Gasteiger partial charge on any atom is -0.476 e. The van der Waals surface area contributed by atoms with Crippen LogP contribution in [-0.4, -0.2) is 54.9 Å². The summed E-state index contributed by atoms with van der Waals surface area (Å²) in [5.41, 5.74) is 0.931. The highest BCUT2D eigenvalue weighted by molar-refractivity contribution is 5.67. The van der Waals surface area contributed by atoms with Crippen LogP contribution in [0.15, 0.2) is 30.7 Å². The lowest BCUT2D eigenvalue weighted by atomic mass is 9.98. The molecule has 4 N–H and O–H groups in total. The van der Waals surface area contributed by atoms with Crippen molar-refractivity contribution in [3.05, 3.63) is 42.1 Å². The minimum absolute atomic E-state index is 0.0219. The quantitative estimate of drug-likeness (QED) is 0.307. The van der Waals surface area contributed by atoms with E-state index in [4.69, 9.17) is 9.84 Å². The van der Waals surface area contributed by atoms with Gasteiger partial charge in [-0.15, -0.1) is 5.10 Å². The van der Waals surface area contributed by atoms with Gasteiger partial charge in [-0.3, -0.25) is 0 Å². The van der Waals surface area contributed by atoms with Crippen molar-refractivity contribution in [2.45, 2.75) is 46.2 Å². The number of anilines is 3. The third-order valence-electron chi connectivity index (χ3n) is 5.14. The lowest BCUT2D eigenvalue weighted by molar-refractivity contribution is 0.188. The topological polar surface area (TPSA) is 163 Å². The fourth-order valence-corrected chi connectivity index (χ4v) is 3.53. The van der Waals surface area contributed by atoms with Gasteiger partial charge in [0.25, 0.3) is 0 Å². The Morgan fingerprint density at radius 3 is 2.69 bits per heavy atom. The molecule has 2 atom stereocenters. The third-order valence-corrected chi connectivity index (χ3v) is 5.14. The summed E-state index contributed by atoms with van der Waals surface area (Å²) in [5, 5.41) is 34.9. The highest BCUT2D eigenvalue weighted by Crippen LogP contribution is 2.28. The van der Waals surface area contributed by atoms with Crippen molar-refractivity contribution >= 4 is 23.4 Å². The molecule has 0 spiro atoms. The van der Waals surface area contributed by atoms with Gasteiger partial charge in [-0.25, -0.2) is 23.8 Å². The standard InChI is InChI=1S/C23H28FN9O3/c1-5-36-22-19(33-7-6-27-32-33)10-16(12-26-22)29-20-15(11-25)9-17(24)21(31-20)30-18(8-13(2)3)14(4)28-23(34)35/h6-7,9-10,12-14,18,28H,5,8H2,1-4H3,(H,34,35)(H2,29,30,31)/t14-,18+/m0/s1. The van der Waals surface area contributed by atoms with Gasteiger partial charge in [0.05, 0.1) is 36.4 Å². The van der Waals surface area contributed by atoms with Crippen LogP contribution < -0.4 is 20.7 Å². The highest BCUT2D eigenvalue weighted by atomic mass is 19.1. The summed E-state index contributed by atoms with van der Waals surface area (Å²) in [6.07, 6.45) is 4.00. The van der Waals surface area contributed by atoms with E-state index < -0.39 is 24.0 Å². The second kappa shape index (κ2) is 11.8. The summed E-state index contributed by atoms with van der Waals surface area (Å²) in [6, 6.07) is 3.71. The second-order valence-electron chi connectivity index (χ2n) is 8.40. The first-order valence-electron chi connectivity index (χ1n) is 11.3. The molecule has 0 saturated heterocycles. The zero-order chi connectivity index (χ0) is 26.2. The van der Waals surface area contributed by atoms with E-state index in [1.807, 2.05) is 26.8 Å². The molecule has 0 saturated carbocycles. The summed E-state index contributed by atoms with van der Waals surface area (Å²) in [6.45, 7) is 7.86. The molecule has 0 fully saturated rings. The lowest BCUT2D eigenvalue weighted by Crippen LogP contribution is -2.45. The highest BCUT2D eigenvalue weighted by Gasteiger charge is 2.23. The van der Waals surface area contributed by atoms with E-state index in [0.29, 0.717) is 30.3 Å². The van der Waals surface area contributed by atoms with Crippen molar-refractivity contribution in [2.24, 2.45) is 5.92 Å². The molecule has 13 heteroatoms. The summed E-state index contributed by atoms with van der Waals surface area (Å²) in [5.74, 6) is -0.221. The zero-order valence-corrected chi connectivity index (χ0v) is 20.4. The predicted molar refractivity (Wildman–Crippen MR) is 130 cm³/mol. The molecule has 3 aromatic heterocycles. The van der Waals surface area contributed by atoms with Crippen LogP contribution in [0.5, 0.6) is 5.88 Å². The minimum atomic E-state index is -1.18. The molecule has 0 aliphatic rings. The number of hydrogen-bond donors (Lipinski definition) is 4. The monoisotopic (exact) mass is 497 g/mol. The number of amides is 1. The lowest BCUT2D eigenvalue weighted by Gasteiger charge is -2.27. The molecule has 0 aromatic carbocycles. The Morgan fingerprint density at radius 2 is 2.08 bits per heavy atom. The van der Waals surface area contributed by atoms with Crippen molar-refractivity contribution in [1.29, 1.82) is 5.26 Å². The summed E-state index contributed by atoms with van der Waals surface area (Å²) in [7, 11) is 0. The maximum absolute atomic E-state index is 14.9. The van der Waals surface area contributed by atoms with Crippen LogP contribution in [0.4, 0.5) is 26.5 Å². The van der Waals surface area contributed by atoms with Gasteiger partial charge in [0.15, 0.2) is 17.5 Å². The van der Waals surface area contributed by atoms with Gasteiger partial charge in [0.1, 0.15) is 11.8 Å². The number of hydrogen-bond acceptors (Lipinski definition) is 9. The molecule has 3 aromatic rings. The molecule has 0 bridgehead atoms. The van der Waals surface area contributed by atoms with E-state index in [1.165, 1.54) is 17.1 Å². The SMILES string of the molecule is CCOc1ncc(Nc2nc(N[C@H](CC(C)C)[C@H](C)NC(=O)O)c(F)cc2C#N)cc1-n1ccnn1. The Morgan fingerprint density at radius 1 is 1.31 bits per heavy atom. The number of halogens is 1. The number of nitrogens with one attached hydrogen (secondary N) is 3. The van der Waals surface area contributed by atoms with Crippen LogP contribution in [0.2, 0.25) is 0 Å². The Bertz CT molecular complexity index is 1230. The van der Waals surface area contributed by atoms with Crippen molar-refractivity contribution in [3.63, 3.8) is 0 Å². The van der Waals surface area contributed by atoms with Crippen LogP contribution in [0.25, 0.3) is 5.69 Å². The average molecular weight is 498 g/mol. The zero-order valence-electron chi connectivity index (χ0n) is 20.4. The number of nitrogens with zero attached hydrogens (tertiary/aromatic N) is 6. The van der Waals surface area contributed by atoms with Gasteiger partial charge >= 0.3 is 6.09 Å². The van der Waals surface area contributed by atoms with Crippen LogP contribution in [0.3, 0.4) is 0 Å². The van der Waals surface area contributed by atoms with E-state index in [1.54, 1.807) is 19.2 Å². The Hall–Kier alpha value is -4.47. The molecule has 12 nitrogen and oxygen atoms in total. The van der Waals surface area contributed by atoms with E-state index in [0.717, 1.165) is 6.07 Å². The molecule has 190 valence electrons. The predicted octanol–water partition coefficient (Wildman–Crippen LogP) is 3.69. The number of carboxylic acid groups (broad SMARTS) is 1. The summed E-state index contributed by atoms with van der Waals surface area (Å²) >= 11 is 0. The van der Waals surface area contributed by atoms with Crippen LogP contribution >= 0.6 is 0 Å². The molecule has 0 unspecified atom stereocenters. The van der Waals surface area contributed by atoms with Gasteiger partial charge in [-0.2, -0.15) is 5.26 Å². The van der Waals surface area contributed by atoms with Gasteiger partial charge in [0, 0.05) is 12.1 Å². The van der Waals surface area contributed by atoms with Crippen LogP contribution in [0.1, 0.15) is 39.7 Å². The van der Waals surface area contributed by atoms with Crippen molar-refractivity contribution in [1.82, 2.24) is 30.3 Å². The van der Waals surface area contributed by atoms with E-state index in [2.05, 4.69) is 36.2 Å². The van der Waals surface area contributed by atoms with Crippen molar-refractivity contribution in [2.75, 3.05) is 17.2 Å². The number of aromatic nitrogens is 5. The second-order valence-corrected chi connectivity index (χ2v) is 8.40. The van der Waals surface area contributed by atoms with Gasteiger partial charge < -0.3 is 25.8 Å². The van der Waals surface area contributed by atoms with Gasteiger partial charge in [-0.1, -0.05) is 19.1 Å². The van der Waals surface area contributed by atoms with Crippen LogP contribution in [0, 0.1) is 23.1 Å². The molecule has 0 radical (unpaired) electrons. The Kier molecular flexibility index (Phi) is 8.56. The fourth-order valence-electron chi connectivity index (χ4n) is 3.53. The number of rotatable bonds is 11. The molecule has 3 heterocycles. The van der Waals surface area contributed by atoms with E-state index >= 15 is 0 Å². The maximum atomic E-state index is 14.9. The molecule has 0 aliphatic carbocycles. The van der Waals surface area contributed by atoms with Gasteiger partial charge in [0.2, 0.25) is 5.88 Å². The summed E-state index contributed by atoms with van der Waals surface area (Å²) < 4.78 is 21.9. The normalized spacial score (nSPS) is 12.5. The number of nitriles is 1. The Labute approximate surface area is 207 Å². The van der Waals surface area contributed by atoms with Crippen LogP contribution in [-0.2, 0) is 0 Å². The van der Waals surface area contributed by atoms with E-state index in [9.17, 15) is 14.4 Å². The van der Waals surface area contributed by atoms with Gasteiger partial charge in [-0.05, 0) is 38.3 Å².